The van der Waals surface area contributed by atoms with Crippen LogP contribution in [0.3, 0.4) is 0 Å². The first-order valence-electron chi connectivity index (χ1n) is 4.74. The second kappa shape index (κ2) is 5.14. The van der Waals surface area contributed by atoms with Crippen molar-refractivity contribution in [1.82, 2.24) is 10.6 Å². The minimum absolute atomic E-state index is 0.167. The van der Waals surface area contributed by atoms with Crippen LogP contribution >= 0.6 is 0 Å². The van der Waals surface area contributed by atoms with E-state index in [-0.39, 0.29) is 5.91 Å². The van der Waals surface area contributed by atoms with Crippen LogP contribution in [-0.2, 0) is 4.79 Å². The molecule has 0 saturated carbocycles. The largest absolute Gasteiger partial charge is 0.359 e. The van der Waals surface area contributed by atoms with Crippen molar-refractivity contribution in [3.05, 3.63) is 0 Å². The Bertz CT molecular complexity index is 141. The zero-order valence-electron chi connectivity index (χ0n) is 7.73. The number of carbonyl (C=O) groups is 1. The molecule has 1 saturated heterocycles. The molecule has 70 valence electrons. The van der Waals surface area contributed by atoms with Crippen LogP contribution in [0.25, 0.3) is 0 Å². The lowest BCUT2D eigenvalue weighted by Crippen LogP contribution is -2.30. The summed E-state index contributed by atoms with van der Waals surface area (Å²) < 4.78 is 0. The van der Waals surface area contributed by atoms with E-state index in [0.29, 0.717) is 6.42 Å². The Morgan fingerprint density at radius 2 is 2.50 bits per heavy atom. The van der Waals surface area contributed by atoms with Gasteiger partial charge in [0.25, 0.3) is 0 Å². The van der Waals surface area contributed by atoms with Crippen LogP contribution < -0.4 is 10.6 Å². The zero-order valence-corrected chi connectivity index (χ0v) is 7.73. The number of nitrogens with one attached hydrogen (secondary N) is 2. The molecule has 1 rings (SSSR count). The first-order valence-corrected chi connectivity index (χ1v) is 4.74. The van der Waals surface area contributed by atoms with Gasteiger partial charge >= 0.3 is 0 Å². The molecule has 1 fully saturated rings. The van der Waals surface area contributed by atoms with Crippen LogP contribution in [0.1, 0.15) is 25.7 Å². The van der Waals surface area contributed by atoms with Crippen molar-refractivity contribution in [3.63, 3.8) is 0 Å². The van der Waals surface area contributed by atoms with Gasteiger partial charge < -0.3 is 10.6 Å². The second-order valence-corrected chi connectivity index (χ2v) is 3.42. The fraction of sp³-hybridized carbons (Fsp3) is 0.889. The van der Waals surface area contributed by atoms with Gasteiger partial charge in [-0.05, 0) is 38.3 Å². The van der Waals surface area contributed by atoms with Gasteiger partial charge in [-0.15, -0.1) is 0 Å². The lowest BCUT2D eigenvalue weighted by molar-refractivity contribution is -0.120. The zero-order chi connectivity index (χ0) is 8.81. The Labute approximate surface area is 73.9 Å². The van der Waals surface area contributed by atoms with Gasteiger partial charge in [0.15, 0.2) is 0 Å². The Kier molecular flexibility index (Phi) is 4.08. The predicted molar refractivity (Wildman–Crippen MR) is 48.9 cm³/mol. The summed E-state index contributed by atoms with van der Waals surface area (Å²) in [5.41, 5.74) is 0. The van der Waals surface area contributed by atoms with Gasteiger partial charge in [-0.1, -0.05) is 0 Å². The molecule has 3 heteroatoms. The molecule has 0 aromatic carbocycles. The summed E-state index contributed by atoms with van der Waals surface area (Å²) >= 11 is 0. The molecule has 0 aliphatic carbocycles. The summed E-state index contributed by atoms with van der Waals surface area (Å²) in [5, 5.41) is 5.99. The molecule has 12 heavy (non-hydrogen) atoms. The fourth-order valence-electron chi connectivity index (χ4n) is 1.63. The van der Waals surface area contributed by atoms with E-state index in [4.69, 9.17) is 0 Å². The molecular weight excluding hydrogens is 152 g/mol. The SMILES string of the molecule is CNC(=O)CC[C@@H]1CCCNC1. The molecule has 0 unspecified atom stereocenters. The molecule has 0 aromatic rings. The molecule has 1 aliphatic heterocycles. The van der Waals surface area contributed by atoms with Gasteiger partial charge in [0.2, 0.25) is 5.91 Å². The quantitative estimate of drug-likeness (QED) is 0.648. The summed E-state index contributed by atoms with van der Waals surface area (Å²) in [5.74, 6) is 0.886. The van der Waals surface area contributed by atoms with Gasteiger partial charge in [0, 0.05) is 13.5 Å². The van der Waals surface area contributed by atoms with E-state index in [0.717, 1.165) is 25.4 Å². The van der Waals surface area contributed by atoms with Crippen molar-refractivity contribution in [3.8, 4) is 0 Å². The summed E-state index contributed by atoms with van der Waals surface area (Å²) in [7, 11) is 1.70. The monoisotopic (exact) mass is 170 g/mol. The number of hydrogen-bond acceptors (Lipinski definition) is 2. The van der Waals surface area contributed by atoms with Crippen molar-refractivity contribution < 1.29 is 4.79 Å². The lowest BCUT2D eigenvalue weighted by Gasteiger charge is -2.22. The Hall–Kier alpha value is -0.570. The molecule has 0 radical (unpaired) electrons. The highest BCUT2D eigenvalue weighted by molar-refractivity contribution is 5.75. The van der Waals surface area contributed by atoms with Crippen molar-refractivity contribution in [2.24, 2.45) is 5.92 Å². The van der Waals surface area contributed by atoms with Gasteiger partial charge in [-0.25, -0.2) is 0 Å². The third-order valence-electron chi connectivity index (χ3n) is 2.46. The molecule has 1 aliphatic rings. The molecule has 1 atom stereocenters. The first kappa shape index (κ1) is 9.52. The highest BCUT2D eigenvalue weighted by Crippen LogP contribution is 2.15. The smallest absolute Gasteiger partial charge is 0.219 e. The van der Waals surface area contributed by atoms with Crippen LogP contribution in [0.4, 0.5) is 0 Å². The maximum absolute atomic E-state index is 10.9. The lowest BCUT2D eigenvalue weighted by atomic mass is 9.95. The highest BCUT2D eigenvalue weighted by atomic mass is 16.1. The second-order valence-electron chi connectivity index (χ2n) is 3.42. The van der Waals surface area contributed by atoms with Crippen LogP contribution in [-0.4, -0.2) is 26.0 Å². The number of rotatable bonds is 3. The van der Waals surface area contributed by atoms with Gasteiger partial charge in [0.05, 0.1) is 0 Å². The minimum Gasteiger partial charge on any atom is -0.359 e. The van der Waals surface area contributed by atoms with Crippen LogP contribution in [0.15, 0.2) is 0 Å². The van der Waals surface area contributed by atoms with E-state index in [2.05, 4.69) is 10.6 Å². The van der Waals surface area contributed by atoms with Crippen molar-refractivity contribution in [1.29, 1.82) is 0 Å². The van der Waals surface area contributed by atoms with Crippen LogP contribution in [0, 0.1) is 5.92 Å². The topological polar surface area (TPSA) is 41.1 Å². The van der Waals surface area contributed by atoms with Crippen LogP contribution in [0.5, 0.6) is 0 Å². The normalized spacial score (nSPS) is 23.6. The van der Waals surface area contributed by atoms with Crippen molar-refractivity contribution >= 4 is 5.91 Å². The standard InChI is InChI=1S/C9H18N2O/c1-10-9(12)5-4-8-3-2-6-11-7-8/h8,11H,2-7H2,1H3,(H,10,12)/t8-/m0/s1. The summed E-state index contributed by atoms with van der Waals surface area (Å²) in [4.78, 5) is 10.9. The molecule has 3 nitrogen and oxygen atoms in total. The van der Waals surface area contributed by atoms with Crippen molar-refractivity contribution in [2.45, 2.75) is 25.7 Å². The molecule has 0 aromatic heterocycles. The highest BCUT2D eigenvalue weighted by Gasteiger charge is 2.13. The summed E-state index contributed by atoms with van der Waals surface area (Å²) in [6.07, 6.45) is 4.26. The maximum Gasteiger partial charge on any atom is 0.219 e. The van der Waals surface area contributed by atoms with E-state index in [9.17, 15) is 4.79 Å². The Morgan fingerprint density at radius 3 is 3.08 bits per heavy atom. The number of carbonyl (C=O) groups excluding carboxylic acids is 1. The number of piperidine rings is 1. The van der Waals surface area contributed by atoms with E-state index < -0.39 is 0 Å². The molecular formula is C9H18N2O. The number of hydrogen-bond donors (Lipinski definition) is 2. The van der Waals surface area contributed by atoms with Gasteiger partial charge in [-0.3, -0.25) is 4.79 Å². The molecule has 1 heterocycles. The van der Waals surface area contributed by atoms with Crippen LogP contribution in [0.2, 0.25) is 0 Å². The Morgan fingerprint density at radius 1 is 1.67 bits per heavy atom. The molecule has 0 spiro atoms. The van der Waals surface area contributed by atoms with Crippen molar-refractivity contribution in [2.75, 3.05) is 20.1 Å². The maximum atomic E-state index is 10.9. The third-order valence-corrected chi connectivity index (χ3v) is 2.46. The first-order chi connectivity index (χ1) is 5.83. The van der Waals surface area contributed by atoms with Gasteiger partial charge in [0.1, 0.15) is 0 Å². The predicted octanol–water partition coefficient (Wildman–Crippen LogP) is 0.512. The van der Waals surface area contributed by atoms with E-state index in [1.165, 1.54) is 12.8 Å². The third kappa shape index (κ3) is 3.22. The summed E-state index contributed by atoms with van der Waals surface area (Å²) in [6.45, 7) is 2.24. The molecule has 1 amide bonds. The summed E-state index contributed by atoms with van der Waals surface area (Å²) in [6, 6.07) is 0. The van der Waals surface area contributed by atoms with E-state index in [1.54, 1.807) is 7.05 Å². The Balaban J connectivity index is 2.09. The van der Waals surface area contributed by atoms with E-state index >= 15 is 0 Å². The van der Waals surface area contributed by atoms with Gasteiger partial charge in [-0.2, -0.15) is 0 Å². The molecule has 0 bridgehead atoms. The fourth-order valence-corrected chi connectivity index (χ4v) is 1.63. The van der Waals surface area contributed by atoms with E-state index in [1.807, 2.05) is 0 Å². The molecule has 2 N–H and O–H groups in total. The minimum atomic E-state index is 0.167. The average Bonchev–Trinajstić information content (AvgIpc) is 2.16. The average molecular weight is 170 g/mol. The number of amides is 1.